The zero-order chi connectivity index (χ0) is 24.5. The third kappa shape index (κ3) is 6.54. The van der Waals surface area contributed by atoms with Gasteiger partial charge in [-0.25, -0.2) is 0 Å². The molecule has 1 N–H and O–H groups in total. The lowest BCUT2D eigenvalue weighted by Gasteiger charge is -2.13. The molecule has 0 saturated heterocycles. The van der Waals surface area contributed by atoms with Crippen LogP contribution in [0.5, 0.6) is 11.5 Å². The van der Waals surface area contributed by atoms with Crippen LogP contribution in [0.4, 0.5) is 5.69 Å². The van der Waals surface area contributed by atoms with E-state index in [-0.39, 0.29) is 12.2 Å². The smallest absolute Gasteiger partial charge is 0.266 e. The van der Waals surface area contributed by atoms with E-state index in [1.54, 1.807) is 30.3 Å². The second kappa shape index (κ2) is 12.1. The normalized spacial score (nSPS) is 11.0. The molecule has 174 valence electrons. The van der Waals surface area contributed by atoms with E-state index in [2.05, 4.69) is 5.32 Å². The van der Waals surface area contributed by atoms with Crippen LogP contribution in [0.15, 0.2) is 66.2 Å². The molecule has 0 spiro atoms. The zero-order valence-corrected chi connectivity index (χ0v) is 20.4. The largest absolute Gasteiger partial charge is 0.490 e. The maximum Gasteiger partial charge on any atom is 0.266 e. The van der Waals surface area contributed by atoms with E-state index < -0.39 is 5.91 Å². The van der Waals surface area contributed by atoms with Crippen LogP contribution in [0.3, 0.4) is 0 Å². The van der Waals surface area contributed by atoms with E-state index in [1.807, 2.05) is 50.2 Å². The molecule has 0 saturated carbocycles. The average molecular weight is 495 g/mol. The Labute approximate surface area is 209 Å². The molecule has 5 nitrogen and oxygen atoms in total. The van der Waals surface area contributed by atoms with Gasteiger partial charge in [-0.05, 0) is 66.4 Å². The summed E-state index contributed by atoms with van der Waals surface area (Å²) in [6.45, 7) is 4.57. The lowest BCUT2D eigenvalue weighted by Crippen LogP contribution is -2.14. The fraction of sp³-hybridized carbons (Fsp3) is 0.185. The Morgan fingerprint density at radius 1 is 1.00 bits per heavy atom. The van der Waals surface area contributed by atoms with Gasteiger partial charge in [0, 0.05) is 5.69 Å². The predicted molar refractivity (Wildman–Crippen MR) is 136 cm³/mol. The quantitative estimate of drug-likeness (QED) is 0.254. The summed E-state index contributed by atoms with van der Waals surface area (Å²) in [4.78, 5) is 12.7. The summed E-state index contributed by atoms with van der Waals surface area (Å²) in [5.41, 5.74) is 3.17. The number of nitrogens with zero attached hydrogens (tertiary/aromatic N) is 1. The van der Waals surface area contributed by atoms with E-state index in [0.29, 0.717) is 39.4 Å². The summed E-state index contributed by atoms with van der Waals surface area (Å²) in [5.74, 6) is 0.566. The Bertz CT molecular complexity index is 1250. The van der Waals surface area contributed by atoms with Crippen LogP contribution in [0.1, 0.15) is 30.5 Å². The molecule has 0 aliphatic rings. The Morgan fingerprint density at radius 2 is 1.79 bits per heavy atom. The molecule has 0 radical (unpaired) electrons. The number of para-hydroxylation sites is 1. The second-order valence-corrected chi connectivity index (χ2v) is 8.13. The van der Waals surface area contributed by atoms with Gasteiger partial charge in [-0.2, -0.15) is 5.26 Å². The van der Waals surface area contributed by atoms with Crippen molar-refractivity contribution in [3.63, 3.8) is 0 Å². The molecule has 3 aromatic carbocycles. The predicted octanol–water partition coefficient (Wildman–Crippen LogP) is 7.08. The molecular weight excluding hydrogens is 471 g/mol. The van der Waals surface area contributed by atoms with Crippen molar-refractivity contribution < 1.29 is 14.3 Å². The minimum atomic E-state index is -0.471. The lowest BCUT2D eigenvalue weighted by molar-refractivity contribution is -0.112. The van der Waals surface area contributed by atoms with E-state index >= 15 is 0 Å². The standard InChI is InChI=1S/C27H24Cl2N2O3/c1-3-20-7-5-6-8-24(20)31-27(32)21(16-30)13-18-10-12-25(26(15-18)33-4-2)34-17-19-9-11-22(28)23(29)14-19/h5-15H,3-4,17H2,1-2H3,(H,31,32)/b21-13+. The molecule has 7 heteroatoms. The highest BCUT2D eigenvalue weighted by Gasteiger charge is 2.13. The van der Waals surface area contributed by atoms with Crippen LogP contribution in [0.2, 0.25) is 10.0 Å². The van der Waals surface area contributed by atoms with Gasteiger partial charge < -0.3 is 14.8 Å². The minimum absolute atomic E-state index is 0.0159. The maximum absolute atomic E-state index is 12.7. The SMILES string of the molecule is CCOc1cc(/C=C(\C#N)C(=O)Nc2ccccc2CC)ccc1OCc1ccc(Cl)c(Cl)c1. The molecule has 0 heterocycles. The Kier molecular flexibility index (Phi) is 8.98. The number of benzene rings is 3. The van der Waals surface area contributed by atoms with E-state index in [4.69, 9.17) is 32.7 Å². The first-order valence-corrected chi connectivity index (χ1v) is 11.5. The van der Waals surface area contributed by atoms with Crippen LogP contribution in [-0.2, 0) is 17.8 Å². The highest BCUT2D eigenvalue weighted by Crippen LogP contribution is 2.31. The number of aryl methyl sites for hydroxylation is 1. The van der Waals surface area contributed by atoms with E-state index in [0.717, 1.165) is 17.5 Å². The molecule has 0 aromatic heterocycles. The monoisotopic (exact) mass is 494 g/mol. The maximum atomic E-state index is 12.7. The van der Waals surface area contributed by atoms with Crippen molar-refractivity contribution in [3.8, 4) is 17.6 Å². The van der Waals surface area contributed by atoms with Crippen molar-refractivity contribution in [1.82, 2.24) is 0 Å². The van der Waals surface area contributed by atoms with Gasteiger partial charge in [0.2, 0.25) is 0 Å². The fourth-order valence-corrected chi connectivity index (χ4v) is 3.57. The number of halogens is 2. The van der Waals surface area contributed by atoms with Gasteiger partial charge in [-0.1, -0.05) is 60.5 Å². The van der Waals surface area contributed by atoms with Crippen molar-refractivity contribution in [2.24, 2.45) is 0 Å². The molecule has 34 heavy (non-hydrogen) atoms. The first kappa shape index (κ1) is 25.2. The van der Waals surface area contributed by atoms with Crippen molar-refractivity contribution in [2.75, 3.05) is 11.9 Å². The summed E-state index contributed by atoms with van der Waals surface area (Å²) in [7, 11) is 0. The Hall–Kier alpha value is -3.46. The average Bonchev–Trinajstić information content (AvgIpc) is 2.84. The minimum Gasteiger partial charge on any atom is -0.490 e. The van der Waals surface area contributed by atoms with Crippen LogP contribution in [-0.4, -0.2) is 12.5 Å². The first-order chi connectivity index (χ1) is 16.4. The Morgan fingerprint density at radius 3 is 2.50 bits per heavy atom. The highest BCUT2D eigenvalue weighted by atomic mass is 35.5. The number of hydrogen-bond acceptors (Lipinski definition) is 4. The summed E-state index contributed by atoms with van der Waals surface area (Å²) >= 11 is 12.0. The highest BCUT2D eigenvalue weighted by molar-refractivity contribution is 6.42. The van der Waals surface area contributed by atoms with Gasteiger partial charge >= 0.3 is 0 Å². The van der Waals surface area contributed by atoms with Gasteiger partial charge in [0.1, 0.15) is 18.2 Å². The molecule has 0 fully saturated rings. The number of nitriles is 1. The molecule has 1 amide bonds. The van der Waals surface area contributed by atoms with Crippen molar-refractivity contribution in [3.05, 3.63) is 93.0 Å². The topological polar surface area (TPSA) is 71.3 Å². The third-order valence-electron chi connectivity index (χ3n) is 4.97. The number of nitrogens with one attached hydrogen (secondary N) is 1. The number of amides is 1. The van der Waals surface area contributed by atoms with E-state index in [1.165, 1.54) is 6.08 Å². The molecule has 0 unspecified atom stereocenters. The summed E-state index contributed by atoms with van der Waals surface area (Å²) in [5, 5.41) is 13.3. The van der Waals surface area contributed by atoms with Crippen LogP contribution in [0, 0.1) is 11.3 Å². The van der Waals surface area contributed by atoms with Crippen LogP contribution < -0.4 is 14.8 Å². The molecular formula is C27H24Cl2N2O3. The molecule has 0 atom stereocenters. The number of hydrogen-bond donors (Lipinski definition) is 1. The zero-order valence-electron chi connectivity index (χ0n) is 18.9. The van der Waals surface area contributed by atoms with Crippen molar-refractivity contribution in [1.29, 1.82) is 5.26 Å². The Balaban J connectivity index is 1.79. The molecule has 3 aromatic rings. The molecule has 0 aliphatic heterocycles. The summed E-state index contributed by atoms with van der Waals surface area (Å²) in [6, 6.07) is 20.0. The molecule has 0 bridgehead atoms. The second-order valence-electron chi connectivity index (χ2n) is 7.31. The molecule has 0 aliphatic carbocycles. The lowest BCUT2D eigenvalue weighted by atomic mass is 10.1. The molecule has 3 rings (SSSR count). The van der Waals surface area contributed by atoms with Gasteiger partial charge in [0.05, 0.1) is 16.7 Å². The van der Waals surface area contributed by atoms with Gasteiger partial charge in [0.15, 0.2) is 11.5 Å². The summed E-state index contributed by atoms with van der Waals surface area (Å²) < 4.78 is 11.6. The van der Waals surface area contributed by atoms with Crippen molar-refractivity contribution in [2.45, 2.75) is 26.9 Å². The number of ether oxygens (including phenoxy) is 2. The third-order valence-corrected chi connectivity index (χ3v) is 5.71. The number of carbonyl (C=O) groups is 1. The first-order valence-electron chi connectivity index (χ1n) is 10.8. The number of anilines is 1. The van der Waals surface area contributed by atoms with Gasteiger partial charge in [0.25, 0.3) is 5.91 Å². The van der Waals surface area contributed by atoms with Crippen LogP contribution in [0.25, 0.3) is 6.08 Å². The fourth-order valence-electron chi connectivity index (χ4n) is 3.25. The van der Waals surface area contributed by atoms with Crippen molar-refractivity contribution >= 4 is 40.9 Å². The van der Waals surface area contributed by atoms with Gasteiger partial charge in [-0.15, -0.1) is 0 Å². The number of rotatable bonds is 9. The van der Waals surface area contributed by atoms with E-state index in [9.17, 15) is 10.1 Å². The van der Waals surface area contributed by atoms with Gasteiger partial charge in [-0.3, -0.25) is 4.79 Å². The number of carbonyl (C=O) groups excluding carboxylic acids is 1. The van der Waals surface area contributed by atoms with Crippen LogP contribution >= 0.6 is 23.2 Å². The summed E-state index contributed by atoms with van der Waals surface area (Å²) in [6.07, 6.45) is 2.29.